The third-order valence-corrected chi connectivity index (χ3v) is 2.47. The van der Waals surface area contributed by atoms with Crippen LogP contribution in [0, 0.1) is 6.92 Å². The highest BCUT2D eigenvalue weighted by Crippen LogP contribution is 2.29. The Hall–Kier alpha value is -1.36. The van der Waals surface area contributed by atoms with Crippen molar-refractivity contribution in [3.63, 3.8) is 0 Å². The second-order valence-corrected chi connectivity index (χ2v) is 3.84. The van der Waals surface area contributed by atoms with Crippen molar-refractivity contribution in [3.05, 3.63) is 22.2 Å². The van der Waals surface area contributed by atoms with Gasteiger partial charge < -0.3 is 15.0 Å². The van der Waals surface area contributed by atoms with Crippen LogP contribution in [0.25, 0.3) is 0 Å². The van der Waals surface area contributed by atoms with Crippen LogP contribution in [0.3, 0.4) is 0 Å². The molecule has 82 valence electrons. The smallest absolute Gasteiger partial charge is 0.252 e. The Morgan fingerprint density at radius 2 is 2.40 bits per heavy atom. The van der Waals surface area contributed by atoms with Crippen molar-refractivity contribution < 1.29 is 5.11 Å². The van der Waals surface area contributed by atoms with E-state index in [4.69, 9.17) is 5.11 Å². The molecular weight excluding hydrogens is 194 g/mol. The summed E-state index contributed by atoms with van der Waals surface area (Å²) in [4.78, 5) is 20.2. The van der Waals surface area contributed by atoms with Crippen molar-refractivity contribution in [2.45, 2.75) is 25.8 Å². The van der Waals surface area contributed by atoms with Gasteiger partial charge in [0.15, 0.2) is 0 Å². The number of hydrogen-bond donors (Lipinski definition) is 2. The number of aliphatic hydroxyl groups excluding tert-OH is 1. The van der Waals surface area contributed by atoms with Crippen LogP contribution in [0.1, 0.15) is 18.7 Å². The predicted octanol–water partition coefficient (Wildman–Crippen LogP) is 0.0394. The Morgan fingerprint density at radius 1 is 1.67 bits per heavy atom. The molecule has 0 atom stereocenters. The van der Waals surface area contributed by atoms with Crippen molar-refractivity contribution in [2.75, 3.05) is 18.1 Å². The fraction of sp³-hybridized carbons (Fsp3) is 0.600. The molecule has 0 bridgehead atoms. The van der Waals surface area contributed by atoms with Gasteiger partial charge in [-0.1, -0.05) is 0 Å². The van der Waals surface area contributed by atoms with Crippen LogP contribution in [0.5, 0.6) is 0 Å². The van der Waals surface area contributed by atoms with E-state index in [0.717, 1.165) is 12.8 Å². The van der Waals surface area contributed by atoms with Crippen LogP contribution in [0.15, 0.2) is 10.9 Å². The Balaban J connectivity index is 2.28. The third kappa shape index (κ3) is 2.36. The molecule has 0 saturated heterocycles. The Morgan fingerprint density at radius 3 is 2.93 bits per heavy atom. The van der Waals surface area contributed by atoms with Crippen LogP contribution in [0.4, 0.5) is 5.82 Å². The molecule has 0 unspecified atom stereocenters. The average molecular weight is 209 g/mol. The zero-order valence-corrected chi connectivity index (χ0v) is 8.73. The summed E-state index contributed by atoms with van der Waals surface area (Å²) in [6, 6.07) is 1.94. The number of aromatic nitrogens is 2. The van der Waals surface area contributed by atoms with Gasteiger partial charge in [-0.2, -0.15) is 0 Å². The van der Waals surface area contributed by atoms with E-state index in [2.05, 4.69) is 9.97 Å². The fourth-order valence-electron chi connectivity index (χ4n) is 1.69. The van der Waals surface area contributed by atoms with Gasteiger partial charge in [0.25, 0.3) is 5.56 Å². The fourth-order valence-corrected chi connectivity index (χ4v) is 1.69. The monoisotopic (exact) mass is 209 g/mol. The molecule has 1 saturated carbocycles. The maximum absolute atomic E-state index is 11.3. The highest BCUT2D eigenvalue weighted by Gasteiger charge is 2.29. The lowest BCUT2D eigenvalue weighted by atomic mass is 10.4. The summed E-state index contributed by atoms with van der Waals surface area (Å²) < 4.78 is 0. The molecular formula is C10H15N3O2. The molecule has 15 heavy (non-hydrogen) atoms. The molecule has 1 aromatic heterocycles. The van der Waals surface area contributed by atoms with E-state index in [9.17, 15) is 4.79 Å². The molecule has 1 fully saturated rings. The zero-order valence-electron chi connectivity index (χ0n) is 8.73. The summed E-state index contributed by atoms with van der Waals surface area (Å²) in [5, 5.41) is 8.96. The first-order chi connectivity index (χ1) is 7.20. The molecule has 1 aliphatic rings. The normalized spacial score (nSPS) is 15.3. The van der Waals surface area contributed by atoms with Crippen molar-refractivity contribution in [3.8, 4) is 0 Å². The van der Waals surface area contributed by atoms with Gasteiger partial charge >= 0.3 is 0 Å². The number of nitrogens with zero attached hydrogens (tertiary/aromatic N) is 2. The molecule has 1 aromatic rings. The SMILES string of the molecule is Cc1nc(N(CCO)C2CC2)cc(=O)[nH]1. The van der Waals surface area contributed by atoms with Gasteiger partial charge in [0.2, 0.25) is 0 Å². The lowest BCUT2D eigenvalue weighted by Gasteiger charge is -2.22. The number of anilines is 1. The maximum atomic E-state index is 11.3. The second kappa shape index (κ2) is 4.02. The first kappa shape index (κ1) is 10.2. The number of H-pyrrole nitrogens is 1. The van der Waals surface area contributed by atoms with Gasteiger partial charge in [-0.25, -0.2) is 4.98 Å². The molecule has 2 rings (SSSR count). The summed E-state index contributed by atoms with van der Waals surface area (Å²) in [6.07, 6.45) is 2.24. The minimum absolute atomic E-state index is 0.0873. The second-order valence-electron chi connectivity index (χ2n) is 3.84. The molecule has 0 amide bonds. The third-order valence-electron chi connectivity index (χ3n) is 2.47. The topological polar surface area (TPSA) is 69.2 Å². The first-order valence-electron chi connectivity index (χ1n) is 5.16. The molecule has 0 spiro atoms. The maximum Gasteiger partial charge on any atom is 0.252 e. The van der Waals surface area contributed by atoms with Crippen LogP contribution in [-0.4, -0.2) is 34.3 Å². The zero-order chi connectivity index (χ0) is 10.8. The van der Waals surface area contributed by atoms with Gasteiger partial charge in [-0.3, -0.25) is 4.79 Å². The van der Waals surface area contributed by atoms with Crippen molar-refractivity contribution >= 4 is 5.82 Å². The lowest BCUT2D eigenvalue weighted by molar-refractivity contribution is 0.301. The molecule has 0 radical (unpaired) electrons. The molecule has 0 aromatic carbocycles. The van der Waals surface area contributed by atoms with E-state index < -0.39 is 0 Å². The van der Waals surface area contributed by atoms with Crippen LogP contribution >= 0.6 is 0 Å². The minimum atomic E-state index is -0.138. The quantitative estimate of drug-likeness (QED) is 0.734. The highest BCUT2D eigenvalue weighted by atomic mass is 16.3. The van der Waals surface area contributed by atoms with Crippen molar-refractivity contribution in [2.24, 2.45) is 0 Å². The van der Waals surface area contributed by atoms with E-state index in [-0.39, 0.29) is 12.2 Å². The van der Waals surface area contributed by atoms with Crippen LogP contribution < -0.4 is 10.5 Å². The summed E-state index contributed by atoms with van der Waals surface area (Å²) in [5.74, 6) is 1.29. The van der Waals surface area contributed by atoms with Gasteiger partial charge in [-0.05, 0) is 19.8 Å². The van der Waals surface area contributed by atoms with Crippen LogP contribution in [0.2, 0.25) is 0 Å². The van der Waals surface area contributed by atoms with Crippen molar-refractivity contribution in [1.82, 2.24) is 9.97 Å². The van der Waals surface area contributed by atoms with E-state index in [0.29, 0.717) is 24.2 Å². The highest BCUT2D eigenvalue weighted by molar-refractivity contribution is 5.40. The van der Waals surface area contributed by atoms with E-state index in [1.165, 1.54) is 6.07 Å². The molecule has 1 aliphatic carbocycles. The molecule has 5 heteroatoms. The lowest BCUT2D eigenvalue weighted by Crippen LogP contribution is -2.31. The Kier molecular flexibility index (Phi) is 2.73. The molecule has 5 nitrogen and oxygen atoms in total. The minimum Gasteiger partial charge on any atom is -0.395 e. The Bertz CT molecular complexity index is 398. The molecule has 1 heterocycles. The van der Waals surface area contributed by atoms with Gasteiger partial charge in [0.05, 0.1) is 6.61 Å². The molecule has 2 N–H and O–H groups in total. The van der Waals surface area contributed by atoms with Crippen molar-refractivity contribution in [1.29, 1.82) is 0 Å². The van der Waals surface area contributed by atoms with E-state index >= 15 is 0 Å². The van der Waals surface area contributed by atoms with Gasteiger partial charge in [0.1, 0.15) is 11.6 Å². The summed E-state index contributed by atoms with van der Waals surface area (Å²) in [6.45, 7) is 2.39. The summed E-state index contributed by atoms with van der Waals surface area (Å²) in [7, 11) is 0. The van der Waals surface area contributed by atoms with E-state index in [1.54, 1.807) is 6.92 Å². The Labute approximate surface area is 87.8 Å². The molecule has 0 aliphatic heterocycles. The first-order valence-corrected chi connectivity index (χ1v) is 5.16. The summed E-state index contributed by atoms with van der Waals surface area (Å²) >= 11 is 0. The van der Waals surface area contributed by atoms with Gasteiger partial charge in [-0.15, -0.1) is 0 Å². The van der Waals surface area contributed by atoms with Crippen LogP contribution in [-0.2, 0) is 0 Å². The number of aromatic amines is 1. The standard InChI is InChI=1S/C10H15N3O2/c1-7-11-9(6-10(15)12-7)13(4-5-14)8-2-3-8/h6,8,14H,2-5H2,1H3,(H,11,12,15). The number of aryl methyl sites for hydroxylation is 1. The number of hydrogen-bond acceptors (Lipinski definition) is 4. The number of rotatable bonds is 4. The number of aliphatic hydroxyl groups is 1. The average Bonchev–Trinajstić information content (AvgIpc) is 2.95. The predicted molar refractivity (Wildman–Crippen MR) is 57.0 cm³/mol. The van der Waals surface area contributed by atoms with Gasteiger partial charge in [0, 0.05) is 18.7 Å². The van der Waals surface area contributed by atoms with E-state index in [1.807, 2.05) is 4.90 Å². The number of nitrogens with one attached hydrogen (secondary N) is 1. The largest absolute Gasteiger partial charge is 0.395 e. The summed E-state index contributed by atoms with van der Waals surface area (Å²) in [5.41, 5.74) is -0.138.